The van der Waals surface area contributed by atoms with Gasteiger partial charge in [0.05, 0.1) is 0 Å². The van der Waals surface area contributed by atoms with E-state index in [1.807, 2.05) is 5.38 Å². The number of aromatic nitrogens is 1. The molecule has 7 heteroatoms. The maximum atomic E-state index is 12.1. The number of thiazole rings is 1. The van der Waals surface area contributed by atoms with E-state index in [1.165, 1.54) is 11.3 Å². The van der Waals surface area contributed by atoms with Gasteiger partial charge < -0.3 is 10.2 Å². The number of rotatable bonds is 6. The highest BCUT2D eigenvalue weighted by Gasteiger charge is 2.27. The molecule has 2 heterocycles. The Morgan fingerprint density at radius 2 is 2.14 bits per heavy atom. The van der Waals surface area contributed by atoms with Crippen LogP contribution in [0, 0.1) is 5.92 Å². The monoisotopic (exact) mass is 324 g/mol. The summed E-state index contributed by atoms with van der Waals surface area (Å²) in [6, 6.07) is -0.128. The van der Waals surface area contributed by atoms with Crippen molar-refractivity contribution in [3.8, 4) is 0 Å². The Bertz CT molecular complexity index is 470. The molecule has 2 rings (SSSR count). The molecule has 1 aliphatic heterocycles. The smallest absolute Gasteiger partial charge is 0.323 e. The molecule has 0 spiro atoms. The number of likely N-dealkylation sites (tertiary alicyclic amines) is 1. The normalized spacial score (nSPS) is 15.6. The summed E-state index contributed by atoms with van der Waals surface area (Å²) in [5.74, 6) is 0.168. The number of anilines is 1. The molecule has 6 nitrogen and oxygen atoms in total. The van der Waals surface area contributed by atoms with Gasteiger partial charge in [-0.05, 0) is 19.3 Å². The van der Waals surface area contributed by atoms with Crippen LogP contribution in [0.5, 0.6) is 0 Å². The van der Waals surface area contributed by atoms with Crippen molar-refractivity contribution in [2.45, 2.75) is 39.0 Å². The Balaban J connectivity index is 1.68. The highest BCUT2D eigenvalue weighted by atomic mass is 32.1. The third-order valence-electron chi connectivity index (χ3n) is 3.88. The van der Waals surface area contributed by atoms with Gasteiger partial charge in [0.2, 0.25) is 5.91 Å². The summed E-state index contributed by atoms with van der Waals surface area (Å²) in [6.45, 7) is 4.14. The molecule has 1 aliphatic rings. The number of hydrogen-bond acceptors (Lipinski definition) is 4. The molecule has 3 amide bonds. The number of carbonyl (C=O) groups excluding carboxylic acids is 2. The van der Waals surface area contributed by atoms with Crippen LogP contribution in [0.25, 0.3) is 0 Å². The Labute approximate surface area is 135 Å². The van der Waals surface area contributed by atoms with Gasteiger partial charge in [-0.15, -0.1) is 11.3 Å². The average Bonchev–Trinajstić information content (AvgIpc) is 3.04. The second-order valence-corrected chi connectivity index (χ2v) is 6.42. The minimum atomic E-state index is -0.128. The molecule has 1 saturated heterocycles. The average molecular weight is 324 g/mol. The van der Waals surface area contributed by atoms with Crippen LogP contribution in [0.15, 0.2) is 11.6 Å². The van der Waals surface area contributed by atoms with E-state index in [0.717, 1.165) is 38.6 Å². The summed E-state index contributed by atoms with van der Waals surface area (Å²) in [5.41, 5.74) is 0. The summed E-state index contributed by atoms with van der Waals surface area (Å²) in [4.78, 5) is 29.9. The number of urea groups is 1. The lowest BCUT2D eigenvalue weighted by Gasteiger charge is -2.31. The number of unbranched alkanes of at least 4 members (excludes halogenated alkanes) is 2. The molecule has 22 heavy (non-hydrogen) atoms. The zero-order chi connectivity index (χ0) is 15.8. The van der Waals surface area contributed by atoms with Crippen LogP contribution in [0.4, 0.5) is 9.93 Å². The topological polar surface area (TPSA) is 74.3 Å². The van der Waals surface area contributed by atoms with Gasteiger partial charge in [-0.2, -0.15) is 0 Å². The first-order valence-corrected chi connectivity index (χ1v) is 8.81. The van der Waals surface area contributed by atoms with E-state index in [-0.39, 0.29) is 17.9 Å². The first kappa shape index (κ1) is 16.7. The molecule has 1 fully saturated rings. The predicted octanol–water partition coefficient (Wildman–Crippen LogP) is 2.69. The predicted molar refractivity (Wildman–Crippen MR) is 88.0 cm³/mol. The van der Waals surface area contributed by atoms with Gasteiger partial charge >= 0.3 is 6.03 Å². The van der Waals surface area contributed by atoms with Gasteiger partial charge in [0.15, 0.2) is 5.13 Å². The van der Waals surface area contributed by atoms with Crippen molar-refractivity contribution < 1.29 is 9.59 Å². The number of hydrogen-bond donors (Lipinski definition) is 2. The van der Waals surface area contributed by atoms with Crippen molar-refractivity contribution in [2.75, 3.05) is 25.0 Å². The second kappa shape index (κ2) is 8.73. The van der Waals surface area contributed by atoms with Crippen molar-refractivity contribution >= 4 is 28.4 Å². The van der Waals surface area contributed by atoms with E-state index >= 15 is 0 Å². The Hall–Kier alpha value is -1.63. The maximum absolute atomic E-state index is 12.1. The van der Waals surface area contributed by atoms with E-state index in [0.29, 0.717) is 18.2 Å². The molecule has 122 valence electrons. The van der Waals surface area contributed by atoms with E-state index in [2.05, 4.69) is 22.5 Å². The van der Waals surface area contributed by atoms with Crippen molar-refractivity contribution in [3.63, 3.8) is 0 Å². The SMILES string of the molecule is CCCCCNC(=O)C1CCN(C(=O)Nc2nccs2)CC1. The van der Waals surface area contributed by atoms with Gasteiger partial charge in [0.25, 0.3) is 0 Å². The molecular weight excluding hydrogens is 300 g/mol. The number of carbonyl (C=O) groups is 2. The fraction of sp³-hybridized carbons (Fsp3) is 0.667. The molecule has 2 N–H and O–H groups in total. The molecule has 1 aromatic heterocycles. The quantitative estimate of drug-likeness (QED) is 0.790. The molecule has 0 unspecified atom stereocenters. The van der Waals surface area contributed by atoms with Crippen molar-refractivity contribution in [1.82, 2.24) is 15.2 Å². The molecular formula is C15H24N4O2S. The van der Waals surface area contributed by atoms with Gasteiger partial charge in [-0.25, -0.2) is 9.78 Å². The van der Waals surface area contributed by atoms with E-state index in [9.17, 15) is 9.59 Å². The lowest BCUT2D eigenvalue weighted by atomic mass is 9.96. The van der Waals surface area contributed by atoms with Gasteiger partial charge in [0.1, 0.15) is 0 Å². The minimum absolute atomic E-state index is 0.0329. The summed E-state index contributed by atoms with van der Waals surface area (Å²) in [6.07, 6.45) is 6.46. The molecule has 0 radical (unpaired) electrons. The molecule has 0 bridgehead atoms. The van der Waals surface area contributed by atoms with Crippen LogP contribution in [0.3, 0.4) is 0 Å². The highest BCUT2D eigenvalue weighted by Crippen LogP contribution is 2.19. The third-order valence-corrected chi connectivity index (χ3v) is 4.57. The summed E-state index contributed by atoms with van der Waals surface area (Å²) in [7, 11) is 0. The van der Waals surface area contributed by atoms with Gasteiger partial charge in [-0.1, -0.05) is 19.8 Å². The van der Waals surface area contributed by atoms with Crippen LogP contribution in [-0.4, -0.2) is 41.5 Å². The zero-order valence-corrected chi connectivity index (χ0v) is 13.8. The van der Waals surface area contributed by atoms with Gasteiger partial charge in [-0.3, -0.25) is 10.1 Å². The fourth-order valence-corrected chi connectivity index (χ4v) is 3.05. The van der Waals surface area contributed by atoms with Crippen LogP contribution < -0.4 is 10.6 Å². The lowest BCUT2D eigenvalue weighted by Crippen LogP contribution is -2.44. The van der Waals surface area contributed by atoms with Crippen LogP contribution in [0.2, 0.25) is 0 Å². The Morgan fingerprint density at radius 1 is 1.36 bits per heavy atom. The molecule has 1 aromatic rings. The first-order valence-electron chi connectivity index (χ1n) is 7.94. The highest BCUT2D eigenvalue weighted by molar-refractivity contribution is 7.13. The number of nitrogens with one attached hydrogen (secondary N) is 2. The number of piperidine rings is 1. The largest absolute Gasteiger partial charge is 0.356 e. The summed E-state index contributed by atoms with van der Waals surface area (Å²) >= 11 is 1.40. The zero-order valence-electron chi connectivity index (χ0n) is 13.0. The second-order valence-electron chi connectivity index (χ2n) is 5.53. The van der Waals surface area contributed by atoms with E-state index < -0.39 is 0 Å². The number of nitrogens with zero attached hydrogens (tertiary/aromatic N) is 2. The first-order chi connectivity index (χ1) is 10.7. The Kier molecular flexibility index (Phi) is 6.64. The number of amides is 3. The summed E-state index contributed by atoms with van der Waals surface area (Å²) in [5, 5.41) is 8.22. The van der Waals surface area contributed by atoms with Crippen LogP contribution >= 0.6 is 11.3 Å². The van der Waals surface area contributed by atoms with E-state index in [4.69, 9.17) is 0 Å². The van der Waals surface area contributed by atoms with E-state index in [1.54, 1.807) is 11.1 Å². The van der Waals surface area contributed by atoms with Crippen molar-refractivity contribution in [1.29, 1.82) is 0 Å². The van der Waals surface area contributed by atoms with Crippen LogP contribution in [-0.2, 0) is 4.79 Å². The third kappa shape index (κ3) is 4.98. The van der Waals surface area contributed by atoms with Crippen molar-refractivity contribution in [3.05, 3.63) is 11.6 Å². The molecule has 0 aliphatic carbocycles. The fourth-order valence-electron chi connectivity index (χ4n) is 2.53. The molecule has 0 saturated carbocycles. The van der Waals surface area contributed by atoms with Gasteiger partial charge in [0, 0.05) is 37.1 Å². The summed E-state index contributed by atoms with van der Waals surface area (Å²) < 4.78 is 0. The molecule has 0 aromatic carbocycles. The molecule has 0 atom stereocenters. The lowest BCUT2D eigenvalue weighted by molar-refractivity contribution is -0.126. The van der Waals surface area contributed by atoms with Crippen molar-refractivity contribution in [2.24, 2.45) is 5.92 Å². The van der Waals surface area contributed by atoms with Crippen LogP contribution in [0.1, 0.15) is 39.0 Å². The standard InChI is InChI=1S/C15H24N4O2S/c1-2-3-4-7-16-13(20)12-5-9-19(10-6-12)15(21)18-14-17-8-11-22-14/h8,11-12H,2-7,9-10H2,1H3,(H,16,20)(H,17,18,21). The minimum Gasteiger partial charge on any atom is -0.356 e. The maximum Gasteiger partial charge on any atom is 0.323 e. The Morgan fingerprint density at radius 3 is 2.77 bits per heavy atom.